The van der Waals surface area contributed by atoms with Gasteiger partial charge in [0.25, 0.3) is 5.91 Å². The van der Waals surface area contributed by atoms with E-state index in [2.05, 4.69) is 20.5 Å². The first kappa shape index (κ1) is 18.9. The largest absolute Gasteiger partial charge is 0.379 e. The molecule has 8 heteroatoms. The van der Waals surface area contributed by atoms with Crippen LogP contribution in [0.5, 0.6) is 0 Å². The highest BCUT2D eigenvalue weighted by molar-refractivity contribution is 6.42. The first-order valence-corrected chi connectivity index (χ1v) is 9.14. The minimum atomic E-state index is -0.234. The molecular weight excluding hydrogens is 375 g/mol. The molecule has 1 amide bonds. The Morgan fingerprint density at radius 1 is 1.15 bits per heavy atom. The molecule has 2 aromatic rings. The summed E-state index contributed by atoms with van der Waals surface area (Å²) in [6, 6.07) is 8.36. The number of amides is 1. The Bertz CT molecular complexity index is 767. The van der Waals surface area contributed by atoms with Crippen LogP contribution in [0.2, 0.25) is 10.0 Å². The number of carbonyl (C=O) groups excluding carboxylic acids is 1. The fourth-order valence-electron chi connectivity index (χ4n) is 2.61. The molecule has 1 aromatic carbocycles. The summed E-state index contributed by atoms with van der Waals surface area (Å²) >= 11 is 11.9. The van der Waals surface area contributed by atoms with E-state index in [0.29, 0.717) is 27.1 Å². The first-order valence-electron chi connectivity index (χ1n) is 8.38. The number of pyridine rings is 1. The number of halogens is 2. The van der Waals surface area contributed by atoms with E-state index >= 15 is 0 Å². The quantitative estimate of drug-likeness (QED) is 0.785. The van der Waals surface area contributed by atoms with Gasteiger partial charge in [0.1, 0.15) is 5.82 Å². The highest BCUT2D eigenvalue weighted by Crippen LogP contribution is 2.25. The number of hydrogen-bond acceptors (Lipinski definition) is 5. The number of benzene rings is 1. The molecule has 1 aromatic heterocycles. The van der Waals surface area contributed by atoms with Gasteiger partial charge < -0.3 is 15.4 Å². The standard InChI is InChI=1S/C18H20Cl2N4O2/c19-15-2-1-14(12-16(15)20)23-18(25)13-3-4-21-17(11-13)22-5-6-24-7-9-26-10-8-24/h1-4,11-12H,5-10H2,(H,21,22)(H,23,25). The summed E-state index contributed by atoms with van der Waals surface area (Å²) in [5.41, 5.74) is 1.10. The zero-order valence-electron chi connectivity index (χ0n) is 14.2. The molecule has 1 aliphatic rings. The molecule has 0 aliphatic carbocycles. The van der Waals surface area contributed by atoms with Crippen LogP contribution in [-0.2, 0) is 4.74 Å². The molecule has 0 spiro atoms. The van der Waals surface area contributed by atoms with Crippen molar-refractivity contribution < 1.29 is 9.53 Å². The third-order valence-electron chi connectivity index (χ3n) is 4.04. The van der Waals surface area contributed by atoms with Crippen molar-refractivity contribution >= 4 is 40.6 Å². The molecule has 138 valence electrons. The van der Waals surface area contributed by atoms with Gasteiger partial charge in [-0.25, -0.2) is 4.98 Å². The van der Waals surface area contributed by atoms with E-state index in [0.717, 1.165) is 39.4 Å². The van der Waals surface area contributed by atoms with Crippen molar-refractivity contribution in [2.75, 3.05) is 50.0 Å². The van der Waals surface area contributed by atoms with E-state index in [9.17, 15) is 4.79 Å². The summed E-state index contributed by atoms with van der Waals surface area (Å²) in [6.45, 7) is 5.11. The van der Waals surface area contributed by atoms with Crippen LogP contribution in [0.25, 0.3) is 0 Å². The monoisotopic (exact) mass is 394 g/mol. The number of nitrogens with zero attached hydrogens (tertiary/aromatic N) is 2. The topological polar surface area (TPSA) is 66.5 Å². The van der Waals surface area contributed by atoms with Crippen molar-refractivity contribution in [2.24, 2.45) is 0 Å². The lowest BCUT2D eigenvalue weighted by atomic mass is 10.2. The number of hydrogen-bond donors (Lipinski definition) is 2. The normalized spacial score (nSPS) is 14.8. The lowest BCUT2D eigenvalue weighted by Gasteiger charge is -2.26. The molecule has 0 radical (unpaired) electrons. The van der Waals surface area contributed by atoms with Crippen LogP contribution in [0.1, 0.15) is 10.4 Å². The Hall–Kier alpha value is -1.86. The molecule has 0 atom stereocenters. The molecule has 26 heavy (non-hydrogen) atoms. The first-order chi connectivity index (χ1) is 12.6. The van der Waals surface area contributed by atoms with E-state index in [1.807, 2.05) is 0 Å². The molecular formula is C18H20Cl2N4O2. The fraction of sp³-hybridized carbons (Fsp3) is 0.333. The zero-order chi connectivity index (χ0) is 18.4. The Labute approximate surface area is 162 Å². The van der Waals surface area contributed by atoms with E-state index in [-0.39, 0.29) is 5.91 Å². The Kier molecular flexibility index (Phi) is 6.68. The van der Waals surface area contributed by atoms with Gasteiger partial charge in [-0.05, 0) is 30.3 Å². The molecule has 6 nitrogen and oxygen atoms in total. The van der Waals surface area contributed by atoms with Gasteiger partial charge in [0.15, 0.2) is 0 Å². The number of nitrogens with one attached hydrogen (secondary N) is 2. The second-order valence-corrected chi connectivity index (χ2v) is 6.71. The Morgan fingerprint density at radius 3 is 2.73 bits per heavy atom. The van der Waals surface area contributed by atoms with Gasteiger partial charge in [0.2, 0.25) is 0 Å². The van der Waals surface area contributed by atoms with Crippen LogP contribution >= 0.6 is 23.2 Å². The predicted octanol–water partition coefficient (Wildman–Crippen LogP) is 3.38. The van der Waals surface area contributed by atoms with Crippen LogP contribution in [0, 0.1) is 0 Å². The minimum Gasteiger partial charge on any atom is -0.379 e. The maximum Gasteiger partial charge on any atom is 0.255 e. The average Bonchev–Trinajstić information content (AvgIpc) is 2.66. The molecule has 2 N–H and O–H groups in total. The van der Waals surface area contributed by atoms with Crippen molar-refractivity contribution in [1.29, 1.82) is 0 Å². The Morgan fingerprint density at radius 2 is 1.96 bits per heavy atom. The summed E-state index contributed by atoms with van der Waals surface area (Å²) in [5, 5.41) is 6.90. The zero-order valence-corrected chi connectivity index (χ0v) is 15.7. The van der Waals surface area contributed by atoms with Crippen molar-refractivity contribution in [3.05, 3.63) is 52.1 Å². The number of aromatic nitrogens is 1. The highest BCUT2D eigenvalue weighted by Gasteiger charge is 2.11. The Balaban J connectivity index is 1.55. The molecule has 1 aliphatic heterocycles. The molecule has 1 saturated heterocycles. The third-order valence-corrected chi connectivity index (χ3v) is 4.78. The van der Waals surface area contributed by atoms with E-state index in [4.69, 9.17) is 27.9 Å². The maximum atomic E-state index is 12.4. The smallest absolute Gasteiger partial charge is 0.255 e. The van der Waals surface area contributed by atoms with Gasteiger partial charge in [-0.1, -0.05) is 23.2 Å². The van der Waals surface area contributed by atoms with Gasteiger partial charge in [-0.3, -0.25) is 9.69 Å². The summed E-state index contributed by atoms with van der Waals surface area (Å²) < 4.78 is 5.33. The van der Waals surface area contributed by atoms with Gasteiger partial charge in [-0.2, -0.15) is 0 Å². The molecule has 2 heterocycles. The predicted molar refractivity (Wildman–Crippen MR) is 104 cm³/mol. The lowest BCUT2D eigenvalue weighted by Crippen LogP contribution is -2.39. The van der Waals surface area contributed by atoms with E-state index in [1.54, 1.807) is 36.5 Å². The summed E-state index contributed by atoms with van der Waals surface area (Å²) in [4.78, 5) is 19.0. The second-order valence-electron chi connectivity index (χ2n) is 5.89. The van der Waals surface area contributed by atoms with Crippen LogP contribution < -0.4 is 10.6 Å². The summed E-state index contributed by atoms with van der Waals surface area (Å²) in [5.74, 6) is 0.432. The van der Waals surface area contributed by atoms with Crippen molar-refractivity contribution in [3.63, 3.8) is 0 Å². The number of anilines is 2. The van der Waals surface area contributed by atoms with Crippen LogP contribution in [-0.4, -0.2) is 55.2 Å². The van der Waals surface area contributed by atoms with Crippen molar-refractivity contribution in [2.45, 2.75) is 0 Å². The van der Waals surface area contributed by atoms with E-state index in [1.165, 1.54) is 0 Å². The van der Waals surface area contributed by atoms with Crippen molar-refractivity contribution in [1.82, 2.24) is 9.88 Å². The maximum absolute atomic E-state index is 12.4. The van der Waals surface area contributed by atoms with Gasteiger partial charge in [0.05, 0.1) is 23.3 Å². The second kappa shape index (κ2) is 9.19. The number of rotatable bonds is 6. The van der Waals surface area contributed by atoms with Gasteiger partial charge >= 0.3 is 0 Å². The van der Waals surface area contributed by atoms with Gasteiger partial charge in [-0.15, -0.1) is 0 Å². The van der Waals surface area contributed by atoms with Crippen molar-refractivity contribution in [3.8, 4) is 0 Å². The minimum absolute atomic E-state index is 0.234. The molecule has 0 unspecified atom stereocenters. The molecule has 0 bridgehead atoms. The highest BCUT2D eigenvalue weighted by atomic mass is 35.5. The third kappa shape index (κ3) is 5.32. The van der Waals surface area contributed by atoms with E-state index < -0.39 is 0 Å². The molecule has 3 rings (SSSR count). The SMILES string of the molecule is O=C(Nc1ccc(Cl)c(Cl)c1)c1ccnc(NCCN2CCOCC2)c1. The van der Waals surface area contributed by atoms with Gasteiger partial charge in [0, 0.05) is 43.6 Å². The summed E-state index contributed by atoms with van der Waals surface area (Å²) in [6.07, 6.45) is 1.61. The summed E-state index contributed by atoms with van der Waals surface area (Å²) in [7, 11) is 0. The fourth-order valence-corrected chi connectivity index (χ4v) is 2.91. The molecule has 0 saturated carbocycles. The molecule has 1 fully saturated rings. The van der Waals surface area contributed by atoms with Crippen LogP contribution in [0.15, 0.2) is 36.5 Å². The average molecular weight is 395 g/mol. The lowest BCUT2D eigenvalue weighted by molar-refractivity contribution is 0.0398. The number of ether oxygens (including phenoxy) is 1. The van der Waals surface area contributed by atoms with Crippen LogP contribution in [0.3, 0.4) is 0 Å². The van der Waals surface area contributed by atoms with Crippen LogP contribution in [0.4, 0.5) is 11.5 Å². The number of morpholine rings is 1. The number of carbonyl (C=O) groups is 1.